The van der Waals surface area contributed by atoms with Crippen LogP contribution in [-0.2, 0) is 33.4 Å². The lowest BCUT2D eigenvalue weighted by molar-refractivity contribution is -0.165. The summed E-state index contributed by atoms with van der Waals surface area (Å²) in [6.07, 6.45) is 4.03. The number of aliphatic hydroxyl groups excluding tert-OH is 1. The van der Waals surface area contributed by atoms with Crippen molar-refractivity contribution in [3.05, 3.63) is 58.7 Å². The van der Waals surface area contributed by atoms with Crippen LogP contribution >= 0.6 is 0 Å². The second-order valence-corrected chi connectivity index (χ2v) is 7.90. The Bertz CT molecular complexity index is 949. The van der Waals surface area contributed by atoms with Crippen LogP contribution in [0, 0.1) is 5.92 Å². The minimum atomic E-state index is -1.30. The molecular formula is C25H30O8. The molecule has 0 radical (unpaired) electrons. The van der Waals surface area contributed by atoms with E-state index in [4.69, 9.17) is 14.2 Å². The molecule has 33 heavy (non-hydrogen) atoms. The second kappa shape index (κ2) is 11.6. The van der Waals surface area contributed by atoms with E-state index in [1.165, 1.54) is 0 Å². The first-order chi connectivity index (χ1) is 15.7. The molecule has 1 aliphatic carbocycles. The average Bonchev–Trinajstić information content (AvgIpc) is 3.09. The van der Waals surface area contributed by atoms with E-state index in [0.717, 1.165) is 0 Å². The third kappa shape index (κ3) is 5.96. The molecule has 0 aromatic carbocycles. The summed E-state index contributed by atoms with van der Waals surface area (Å²) < 4.78 is 16.9. The van der Waals surface area contributed by atoms with Gasteiger partial charge in [-0.15, -0.1) is 0 Å². The van der Waals surface area contributed by atoms with E-state index in [2.05, 4.69) is 6.58 Å². The molecule has 0 spiro atoms. The molecule has 0 unspecified atom stereocenters. The highest BCUT2D eigenvalue weighted by molar-refractivity contribution is 5.92. The van der Waals surface area contributed by atoms with E-state index in [0.29, 0.717) is 30.3 Å². The zero-order valence-corrected chi connectivity index (χ0v) is 19.3. The van der Waals surface area contributed by atoms with Gasteiger partial charge in [0.15, 0.2) is 12.2 Å². The first-order valence-electron chi connectivity index (χ1n) is 10.7. The van der Waals surface area contributed by atoms with Crippen LogP contribution in [0.15, 0.2) is 58.7 Å². The van der Waals surface area contributed by atoms with Gasteiger partial charge >= 0.3 is 17.9 Å². The first-order valence-corrected chi connectivity index (χ1v) is 10.7. The van der Waals surface area contributed by atoms with Crippen molar-refractivity contribution < 1.29 is 38.5 Å². The number of carbonyl (C=O) groups is 4. The molecule has 0 aromatic heterocycles. The van der Waals surface area contributed by atoms with E-state index in [-0.39, 0.29) is 23.3 Å². The van der Waals surface area contributed by atoms with Gasteiger partial charge in [0.2, 0.25) is 0 Å². The Morgan fingerprint density at radius 1 is 1.18 bits per heavy atom. The second-order valence-electron chi connectivity index (χ2n) is 7.90. The smallest absolute Gasteiger partial charge is 0.334 e. The Labute approximate surface area is 193 Å². The van der Waals surface area contributed by atoms with Gasteiger partial charge in [0.05, 0.1) is 12.5 Å². The highest BCUT2D eigenvalue weighted by Crippen LogP contribution is 2.37. The summed E-state index contributed by atoms with van der Waals surface area (Å²) in [6.45, 7) is 9.95. The summed E-state index contributed by atoms with van der Waals surface area (Å²) in [5.41, 5.74) is 1.26. The fourth-order valence-electron chi connectivity index (χ4n) is 3.54. The molecule has 2 rings (SSSR count). The van der Waals surface area contributed by atoms with Crippen LogP contribution in [0.4, 0.5) is 0 Å². The molecule has 1 N–H and O–H groups in total. The van der Waals surface area contributed by atoms with Crippen molar-refractivity contribution in [2.75, 3.05) is 6.61 Å². The summed E-state index contributed by atoms with van der Waals surface area (Å²) >= 11 is 0. The molecule has 8 heteroatoms. The fraction of sp³-hybridized carbons (Fsp3) is 0.440. The summed E-state index contributed by atoms with van der Waals surface area (Å²) in [7, 11) is 0. The lowest BCUT2D eigenvalue weighted by Gasteiger charge is -2.33. The molecule has 8 nitrogen and oxygen atoms in total. The van der Waals surface area contributed by atoms with Crippen LogP contribution in [0.25, 0.3) is 0 Å². The highest BCUT2D eigenvalue weighted by atomic mass is 16.6. The molecule has 1 aliphatic heterocycles. The normalized spacial score (nSPS) is 29.6. The van der Waals surface area contributed by atoms with Gasteiger partial charge in [-0.05, 0) is 52.2 Å². The van der Waals surface area contributed by atoms with Crippen molar-refractivity contribution in [1.29, 1.82) is 0 Å². The van der Waals surface area contributed by atoms with Gasteiger partial charge in [0.1, 0.15) is 12.4 Å². The Kier molecular flexibility index (Phi) is 9.11. The number of ether oxygens (including phenoxy) is 3. The SMILES string of the molecule is C=C1C(=O)O[C@@H]2/C=C(/CO)CC/C=C(/C=O)[C@H](OC(=O)/C(C)=C\C)[C@@H](OC(=O)/C(C)=C\C)[C@@H]12. The molecule has 1 fully saturated rings. The van der Waals surface area contributed by atoms with Crippen LogP contribution in [0.1, 0.15) is 40.5 Å². The maximum atomic E-state index is 12.7. The predicted molar refractivity (Wildman–Crippen MR) is 120 cm³/mol. The summed E-state index contributed by atoms with van der Waals surface area (Å²) in [6, 6.07) is 0. The van der Waals surface area contributed by atoms with Crippen molar-refractivity contribution in [3.8, 4) is 0 Å². The fourth-order valence-corrected chi connectivity index (χ4v) is 3.54. The quantitative estimate of drug-likeness (QED) is 0.212. The highest BCUT2D eigenvalue weighted by Gasteiger charge is 2.49. The van der Waals surface area contributed by atoms with Crippen LogP contribution in [-0.4, -0.2) is 54.2 Å². The molecule has 178 valence electrons. The Hall–Kier alpha value is -3.26. The molecule has 0 aromatic rings. The maximum absolute atomic E-state index is 12.7. The van der Waals surface area contributed by atoms with Gasteiger partial charge in [-0.2, -0.15) is 0 Å². The van der Waals surface area contributed by atoms with Gasteiger partial charge in [-0.1, -0.05) is 24.8 Å². The van der Waals surface area contributed by atoms with Crippen LogP contribution in [0.5, 0.6) is 0 Å². The van der Waals surface area contributed by atoms with Gasteiger partial charge in [0.25, 0.3) is 0 Å². The molecule has 1 saturated heterocycles. The summed E-state index contributed by atoms with van der Waals surface area (Å²) in [5.74, 6) is -3.05. The van der Waals surface area contributed by atoms with Crippen molar-refractivity contribution in [2.45, 2.75) is 58.8 Å². The van der Waals surface area contributed by atoms with Crippen LogP contribution in [0.2, 0.25) is 0 Å². The Balaban J connectivity index is 2.69. The number of aldehydes is 1. The number of rotatable bonds is 6. The number of hydrogen-bond donors (Lipinski definition) is 1. The molecule has 4 atom stereocenters. The standard InChI is InChI=1S/C25H30O8/c1-6-14(3)23(28)32-21-18(13-27)10-8-9-17(12-26)11-19-20(16(5)25(30)31-19)22(21)33-24(29)15(4)7-2/h6-7,10-11,13,19-22,26H,5,8-9,12H2,1-4H3/b14-6-,15-7-,17-11+,18-10-/t19-,20+,21+,22+/m1/s1. The van der Waals surface area contributed by atoms with E-state index >= 15 is 0 Å². The van der Waals surface area contributed by atoms with Gasteiger partial charge < -0.3 is 19.3 Å². The summed E-state index contributed by atoms with van der Waals surface area (Å²) in [5, 5.41) is 9.73. The van der Waals surface area contributed by atoms with Crippen molar-refractivity contribution in [3.63, 3.8) is 0 Å². The number of aliphatic hydroxyl groups is 1. The lowest BCUT2D eigenvalue weighted by Crippen LogP contribution is -2.45. The monoisotopic (exact) mass is 458 g/mol. The molecule has 0 saturated carbocycles. The Morgan fingerprint density at radius 2 is 1.79 bits per heavy atom. The Morgan fingerprint density at radius 3 is 2.33 bits per heavy atom. The molecule has 1 heterocycles. The third-order valence-electron chi connectivity index (χ3n) is 5.81. The number of esters is 3. The van der Waals surface area contributed by atoms with Crippen molar-refractivity contribution in [1.82, 2.24) is 0 Å². The van der Waals surface area contributed by atoms with E-state index in [9.17, 15) is 24.3 Å². The van der Waals surface area contributed by atoms with E-state index in [1.54, 1.807) is 52.0 Å². The van der Waals surface area contributed by atoms with E-state index < -0.39 is 42.1 Å². The molecular weight excluding hydrogens is 428 g/mol. The number of hydrogen-bond acceptors (Lipinski definition) is 8. The number of allylic oxidation sites excluding steroid dienone is 3. The van der Waals surface area contributed by atoms with Gasteiger partial charge in [-0.25, -0.2) is 14.4 Å². The zero-order chi connectivity index (χ0) is 24.7. The van der Waals surface area contributed by atoms with Crippen molar-refractivity contribution >= 4 is 24.2 Å². The van der Waals surface area contributed by atoms with Gasteiger partial charge in [0, 0.05) is 22.3 Å². The first kappa shape index (κ1) is 26.0. The average molecular weight is 459 g/mol. The minimum Gasteiger partial charge on any atom is -0.454 e. The van der Waals surface area contributed by atoms with Gasteiger partial charge in [-0.3, -0.25) is 4.79 Å². The number of carbonyl (C=O) groups excluding carboxylic acids is 4. The zero-order valence-electron chi connectivity index (χ0n) is 19.3. The van der Waals surface area contributed by atoms with Crippen molar-refractivity contribution in [2.24, 2.45) is 5.92 Å². The number of fused-ring (bicyclic) bond motifs is 1. The molecule has 0 amide bonds. The lowest BCUT2D eigenvalue weighted by atomic mass is 9.83. The molecule has 2 aliphatic rings. The summed E-state index contributed by atoms with van der Waals surface area (Å²) in [4.78, 5) is 49.9. The third-order valence-corrected chi connectivity index (χ3v) is 5.81. The van der Waals surface area contributed by atoms with Crippen LogP contribution in [0.3, 0.4) is 0 Å². The van der Waals surface area contributed by atoms with E-state index in [1.807, 2.05) is 0 Å². The predicted octanol–water partition coefficient (Wildman–Crippen LogP) is 2.68. The topological polar surface area (TPSA) is 116 Å². The largest absolute Gasteiger partial charge is 0.454 e. The van der Waals surface area contributed by atoms with Crippen LogP contribution < -0.4 is 0 Å². The molecule has 0 bridgehead atoms. The minimum absolute atomic E-state index is 0.0131. The maximum Gasteiger partial charge on any atom is 0.334 e.